The summed E-state index contributed by atoms with van der Waals surface area (Å²) >= 11 is 1.28. The van der Waals surface area contributed by atoms with Crippen LogP contribution < -0.4 is 5.32 Å². The number of para-hydroxylation sites is 2. The van der Waals surface area contributed by atoms with Crippen molar-refractivity contribution < 1.29 is 18.4 Å². The van der Waals surface area contributed by atoms with E-state index in [1.54, 1.807) is 17.0 Å². The van der Waals surface area contributed by atoms with Crippen molar-refractivity contribution >= 4 is 40.4 Å². The van der Waals surface area contributed by atoms with Crippen molar-refractivity contribution in [3.05, 3.63) is 54.3 Å². The molecular formula is C21H21FN4O3S. The van der Waals surface area contributed by atoms with Crippen LogP contribution in [0.5, 0.6) is 0 Å². The van der Waals surface area contributed by atoms with Crippen molar-refractivity contribution in [2.24, 2.45) is 0 Å². The molecule has 0 aliphatic carbocycles. The van der Waals surface area contributed by atoms with Gasteiger partial charge < -0.3 is 14.6 Å². The fourth-order valence-corrected chi connectivity index (χ4v) is 3.99. The third kappa shape index (κ3) is 5.17. The van der Waals surface area contributed by atoms with Gasteiger partial charge in [-0.25, -0.2) is 9.37 Å². The molecule has 2 amide bonds. The third-order valence-electron chi connectivity index (χ3n) is 4.79. The number of rotatable bonds is 6. The predicted octanol–water partition coefficient (Wildman–Crippen LogP) is 2.84. The first kappa shape index (κ1) is 20.4. The second-order valence-corrected chi connectivity index (χ2v) is 7.88. The highest BCUT2D eigenvalue weighted by Crippen LogP contribution is 2.23. The molecule has 3 aromatic rings. The molecule has 1 aliphatic rings. The van der Waals surface area contributed by atoms with Gasteiger partial charge in [-0.05, 0) is 30.3 Å². The number of nitrogens with zero attached hydrogens (tertiary/aromatic N) is 3. The van der Waals surface area contributed by atoms with Crippen molar-refractivity contribution in [3.63, 3.8) is 0 Å². The molecule has 156 valence electrons. The molecule has 0 spiro atoms. The number of aromatic nitrogens is 1. The smallest absolute Gasteiger partial charge is 0.257 e. The molecule has 1 aromatic heterocycles. The van der Waals surface area contributed by atoms with Gasteiger partial charge in [-0.15, -0.1) is 0 Å². The highest BCUT2D eigenvalue weighted by Gasteiger charge is 2.23. The standard InChI is InChI=1S/C21H21FN4O3S/c22-15-4-3-5-16(12-15)23-19(27)13-25-8-10-26(11-9-25)20(28)14-30-21-24-17-6-1-2-7-18(17)29-21/h1-7,12H,8-11,13-14H2,(H,23,27). The minimum absolute atomic E-state index is 0.0196. The van der Waals surface area contributed by atoms with E-state index in [0.29, 0.717) is 42.7 Å². The summed E-state index contributed by atoms with van der Waals surface area (Å²) < 4.78 is 18.8. The Morgan fingerprint density at radius 3 is 2.67 bits per heavy atom. The molecule has 30 heavy (non-hydrogen) atoms. The quantitative estimate of drug-likeness (QED) is 0.609. The fraction of sp³-hybridized carbons (Fsp3) is 0.286. The molecule has 0 saturated carbocycles. The zero-order valence-corrected chi connectivity index (χ0v) is 17.0. The zero-order valence-electron chi connectivity index (χ0n) is 16.2. The van der Waals surface area contributed by atoms with Gasteiger partial charge in [0.25, 0.3) is 5.22 Å². The number of oxazole rings is 1. The number of carbonyl (C=O) groups is 2. The topological polar surface area (TPSA) is 78.7 Å². The van der Waals surface area contributed by atoms with E-state index in [9.17, 15) is 14.0 Å². The number of halogens is 1. The number of benzene rings is 2. The maximum absolute atomic E-state index is 13.2. The van der Waals surface area contributed by atoms with Crippen LogP contribution in [0, 0.1) is 5.82 Å². The summed E-state index contributed by atoms with van der Waals surface area (Å²) in [6, 6.07) is 13.3. The molecule has 0 unspecified atom stereocenters. The average Bonchev–Trinajstić information content (AvgIpc) is 3.15. The van der Waals surface area contributed by atoms with E-state index in [2.05, 4.69) is 10.3 Å². The van der Waals surface area contributed by atoms with Crippen molar-refractivity contribution in [2.45, 2.75) is 5.22 Å². The van der Waals surface area contributed by atoms with Crippen LogP contribution in [0.25, 0.3) is 11.1 Å². The Morgan fingerprint density at radius 2 is 1.90 bits per heavy atom. The van der Waals surface area contributed by atoms with E-state index in [4.69, 9.17) is 4.42 Å². The molecule has 7 nitrogen and oxygen atoms in total. The van der Waals surface area contributed by atoms with Gasteiger partial charge in [0.1, 0.15) is 11.3 Å². The van der Waals surface area contributed by atoms with Gasteiger partial charge in [-0.2, -0.15) is 0 Å². The molecule has 9 heteroatoms. The largest absolute Gasteiger partial charge is 0.431 e. The van der Waals surface area contributed by atoms with Crippen LogP contribution >= 0.6 is 11.8 Å². The molecule has 0 atom stereocenters. The van der Waals surface area contributed by atoms with E-state index < -0.39 is 5.82 Å². The van der Waals surface area contributed by atoms with Crippen molar-refractivity contribution in [2.75, 3.05) is 43.8 Å². The molecule has 1 N–H and O–H groups in total. The summed E-state index contributed by atoms with van der Waals surface area (Å²) in [6.07, 6.45) is 0. The van der Waals surface area contributed by atoms with Crippen LogP contribution in [0.15, 0.2) is 58.2 Å². The normalized spacial score (nSPS) is 14.8. The molecule has 0 radical (unpaired) electrons. The second kappa shape index (κ2) is 9.27. The SMILES string of the molecule is O=C(CN1CCN(C(=O)CSc2nc3ccccc3o2)CC1)Nc1cccc(F)c1. The first-order chi connectivity index (χ1) is 14.6. The van der Waals surface area contributed by atoms with Gasteiger partial charge in [-0.3, -0.25) is 14.5 Å². The number of amides is 2. The van der Waals surface area contributed by atoms with Gasteiger partial charge in [0.05, 0.1) is 12.3 Å². The van der Waals surface area contributed by atoms with E-state index in [-0.39, 0.29) is 24.1 Å². The van der Waals surface area contributed by atoms with Gasteiger partial charge in [0, 0.05) is 31.9 Å². The highest BCUT2D eigenvalue weighted by atomic mass is 32.2. The highest BCUT2D eigenvalue weighted by molar-refractivity contribution is 7.99. The maximum atomic E-state index is 13.2. The summed E-state index contributed by atoms with van der Waals surface area (Å²) in [5.41, 5.74) is 1.92. The Balaban J connectivity index is 1.20. The molecule has 4 rings (SSSR count). The minimum atomic E-state index is -0.393. The Kier molecular flexibility index (Phi) is 6.29. The van der Waals surface area contributed by atoms with Crippen LogP contribution in [0.3, 0.4) is 0 Å². The van der Waals surface area contributed by atoms with Crippen LogP contribution in [0.4, 0.5) is 10.1 Å². The second-order valence-electron chi connectivity index (χ2n) is 6.95. The first-order valence-electron chi connectivity index (χ1n) is 9.61. The monoisotopic (exact) mass is 428 g/mol. The lowest BCUT2D eigenvalue weighted by Crippen LogP contribution is -2.50. The zero-order chi connectivity index (χ0) is 20.9. The fourth-order valence-electron chi connectivity index (χ4n) is 3.25. The van der Waals surface area contributed by atoms with E-state index in [1.165, 1.54) is 23.9 Å². The summed E-state index contributed by atoms with van der Waals surface area (Å²) in [6.45, 7) is 2.53. The number of thioether (sulfide) groups is 1. The lowest BCUT2D eigenvalue weighted by atomic mass is 10.3. The first-order valence-corrected chi connectivity index (χ1v) is 10.6. The predicted molar refractivity (Wildman–Crippen MR) is 113 cm³/mol. The number of hydrogen-bond acceptors (Lipinski definition) is 6. The molecule has 2 aromatic carbocycles. The Labute approximate surface area is 177 Å². The van der Waals surface area contributed by atoms with Crippen molar-refractivity contribution in [3.8, 4) is 0 Å². The average molecular weight is 428 g/mol. The Bertz CT molecular complexity index is 1020. The molecule has 2 heterocycles. The van der Waals surface area contributed by atoms with Crippen molar-refractivity contribution in [1.29, 1.82) is 0 Å². The van der Waals surface area contributed by atoms with Gasteiger partial charge in [0.2, 0.25) is 11.8 Å². The Morgan fingerprint density at radius 1 is 1.10 bits per heavy atom. The van der Waals surface area contributed by atoms with Crippen LogP contribution in [0.2, 0.25) is 0 Å². The van der Waals surface area contributed by atoms with Gasteiger partial charge in [-0.1, -0.05) is 30.0 Å². The van der Waals surface area contributed by atoms with Gasteiger partial charge >= 0.3 is 0 Å². The summed E-state index contributed by atoms with van der Waals surface area (Å²) in [7, 11) is 0. The maximum Gasteiger partial charge on any atom is 0.257 e. The van der Waals surface area contributed by atoms with E-state index >= 15 is 0 Å². The van der Waals surface area contributed by atoms with E-state index in [1.807, 2.05) is 29.2 Å². The van der Waals surface area contributed by atoms with Crippen LogP contribution in [0.1, 0.15) is 0 Å². The van der Waals surface area contributed by atoms with Gasteiger partial charge in [0.15, 0.2) is 5.58 Å². The lowest BCUT2D eigenvalue weighted by molar-refractivity contribution is -0.130. The summed E-state index contributed by atoms with van der Waals surface area (Å²) in [5, 5.41) is 3.18. The van der Waals surface area contributed by atoms with E-state index in [0.717, 1.165) is 5.52 Å². The summed E-state index contributed by atoms with van der Waals surface area (Å²) in [4.78, 5) is 32.8. The lowest BCUT2D eigenvalue weighted by Gasteiger charge is -2.34. The molecular weight excluding hydrogens is 407 g/mol. The number of anilines is 1. The van der Waals surface area contributed by atoms with Crippen molar-refractivity contribution in [1.82, 2.24) is 14.8 Å². The molecule has 0 bridgehead atoms. The summed E-state index contributed by atoms with van der Waals surface area (Å²) in [5.74, 6) is -0.318. The van der Waals surface area contributed by atoms with Crippen LogP contribution in [-0.4, -0.2) is 65.1 Å². The number of piperazine rings is 1. The van der Waals surface area contributed by atoms with Crippen LogP contribution in [-0.2, 0) is 9.59 Å². The number of hydrogen-bond donors (Lipinski definition) is 1. The molecule has 1 saturated heterocycles. The molecule has 1 aliphatic heterocycles. The number of carbonyl (C=O) groups excluding carboxylic acids is 2. The third-order valence-corrected chi connectivity index (χ3v) is 5.61. The number of fused-ring (bicyclic) bond motifs is 1. The molecule has 1 fully saturated rings. The Hall–Kier alpha value is -2.91. The minimum Gasteiger partial charge on any atom is -0.431 e. The number of nitrogens with one attached hydrogen (secondary N) is 1.